The Balaban J connectivity index is 1.66. The molecule has 2 N–H and O–H groups in total. The number of carbonyl (C=O) groups is 1. The van der Waals surface area contributed by atoms with Gasteiger partial charge in [0.05, 0.1) is 6.10 Å². The summed E-state index contributed by atoms with van der Waals surface area (Å²) < 4.78 is 6.51. The van der Waals surface area contributed by atoms with Gasteiger partial charge in [0.15, 0.2) is 0 Å². The van der Waals surface area contributed by atoms with Gasteiger partial charge >= 0.3 is 0 Å². The van der Waals surface area contributed by atoms with E-state index in [1.165, 1.54) is 0 Å². The van der Waals surface area contributed by atoms with E-state index in [4.69, 9.17) is 4.74 Å². The summed E-state index contributed by atoms with van der Waals surface area (Å²) in [7, 11) is 1.96. The first-order valence-electron chi connectivity index (χ1n) is 6.49. The van der Waals surface area contributed by atoms with Gasteiger partial charge in [0.1, 0.15) is 6.61 Å². The van der Waals surface area contributed by atoms with Gasteiger partial charge in [0.2, 0.25) is 5.91 Å². The SMILES string of the molecule is CNCC1CC(OCC(=O)Nc2cccc(Br)c2)C1. The van der Waals surface area contributed by atoms with Crippen molar-refractivity contribution in [3.05, 3.63) is 28.7 Å². The first kappa shape index (κ1) is 14.5. The van der Waals surface area contributed by atoms with Crippen molar-refractivity contribution in [2.24, 2.45) is 5.92 Å². The predicted molar refractivity (Wildman–Crippen MR) is 79.2 cm³/mol. The Kier molecular flexibility index (Phi) is 5.36. The maximum absolute atomic E-state index is 11.7. The number of ether oxygens (including phenoxy) is 1. The highest BCUT2D eigenvalue weighted by atomic mass is 79.9. The van der Waals surface area contributed by atoms with E-state index in [1.807, 2.05) is 31.3 Å². The van der Waals surface area contributed by atoms with Crippen molar-refractivity contribution in [3.63, 3.8) is 0 Å². The summed E-state index contributed by atoms with van der Waals surface area (Å²) in [5.41, 5.74) is 0.782. The van der Waals surface area contributed by atoms with Crippen LogP contribution in [0.4, 0.5) is 5.69 Å². The van der Waals surface area contributed by atoms with Gasteiger partial charge in [-0.1, -0.05) is 22.0 Å². The summed E-state index contributed by atoms with van der Waals surface area (Å²) in [5.74, 6) is 0.596. The second-order valence-electron chi connectivity index (χ2n) is 4.89. The third kappa shape index (κ3) is 4.60. The molecule has 0 atom stereocenters. The molecule has 0 radical (unpaired) electrons. The van der Waals surface area contributed by atoms with Crippen molar-refractivity contribution in [1.29, 1.82) is 0 Å². The molecule has 0 heterocycles. The van der Waals surface area contributed by atoms with E-state index in [0.717, 1.165) is 29.5 Å². The molecule has 1 saturated carbocycles. The average molecular weight is 327 g/mol. The molecular weight excluding hydrogens is 308 g/mol. The van der Waals surface area contributed by atoms with E-state index in [1.54, 1.807) is 0 Å². The number of rotatable bonds is 6. The Morgan fingerprint density at radius 1 is 1.47 bits per heavy atom. The minimum Gasteiger partial charge on any atom is -0.368 e. The van der Waals surface area contributed by atoms with Crippen LogP contribution in [0.1, 0.15) is 12.8 Å². The van der Waals surface area contributed by atoms with Crippen LogP contribution >= 0.6 is 15.9 Å². The Morgan fingerprint density at radius 3 is 2.95 bits per heavy atom. The van der Waals surface area contributed by atoms with Crippen LogP contribution in [0.15, 0.2) is 28.7 Å². The summed E-state index contributed by atoms with van der Waals surface area (Å²) in [6.07, 6.45) is 2.34. The summed E-state index contributed by atoms with van der Waals surface area (Å²) in [5, 5.41) is 5.97. The lowest BCUT2D eigenvalue weighted by molar-refractivity contribution is -0.125. The van der Waals surface area contributed by atoms with Crippen molar-refractivity contribution < 1.29 is 9.53 Å². The molecule has 1 aliphatic rings. The molecule has 0 aliphatic heterocycles. The summed E-state index contributed by atoms with van der Waals surface area (Å²) >= 11 is 3.37. The van der Waals surface area contributed by atoms with Crippen LogP contribution in [-0.4, -0.2) is 32.2 Å². The lowest BCUT2D eigenvalue weighted by atomic mass is 9.82. The molecule has 0 spiro atoms. The van der Waals surface area contributed by atoms with Gasteiger partial charge in [0.25, 0.3) is 0 Å². The van der Waals surface area contributed by atoms with Crippen LogP contribution in [0.25, 0.3) is 0 Å². The molecule has 1 aliphatic carbocycles. The van der Waals surface area contributed by atoms with Crippen molar-refractivity contribution in [1.82, 2.24) is 5.32 Å². The quantitative estimate of drug-likeness (QED) is 0.844. The maximum atomic E-state index is 11.7. The van der Waals surface area contributed by atoms with E-state index in [0.29, 0.717) is 5.92 Å². The Morgan fingerprint density at radius 2 is 2.26 bits per heavy atom. The molecule has 1 fully saturated rings. The molecular formula is C14H19BrN2O2. The highest BCUT2D eigenvalue weighted by Gasteiger charge is 2.29. The lowest BCUT2D eigenvalue weighted by Crippen LogP contribution is -2.38. The Hall–Kier alpha value is -0.910. The molecule has 19 heavy (non-hydrogen) atoms. The topological polar surface area (TPSA) is 50.4 Å². The highest BCUT2D eigenvalue weighted by molar-refractivity contribution is 9.10. The van der Waals surface area contributed by atoms with Crippen LogP contribution in [0.3, 0.4) is 0 Å². The minimum atomic E-state index is -0.102. The molecule has 0 unspecified atom stereocenters. The van der Waals surface area contributed by atoms with Crippen LogP contribution in [0.2, 0.25) is 0 Å². The highest BCUT2D eigenvalue weighted by Crippen LogP contribution is 2.29. The smallest absolute Gasteiger partial charge is 0.250 e. The number of hydrogen-bond donors (Lipinski definition) is 2. The van der Waals surface area contributed by atoms with Gasteiger partial charge in [-0.15, -0.1) is 0 Å². The third-order valence-corrected chi connectivity index (χ3v) is 3.74. The normalized spacial score (nSPS) is 21.8. The summed E-state index contributed by atoms with van der Waals surface area (Å²) in [6.45, 7) is 1.16. The van der Waals surface area contributed by atoms with E-state index >= 15 is 0 Å². The fourth-order valence-corrected chi connectivity index (χ4v) is 2.62. The zero-order valence-electron chi connectivity index (χ0n) is 11.0. The van der Waals surface area contributed by atoms with Crippen molar-refractivity contribution in [2.45, 2.75) is 18.9 Å². The number of amides is 1. The molecule has 104 valence electrons. The second-order valence-corrected chi connectivity index (χ2v) is 5.80. The molecule has 5 heteroatoms. The second kappa shape index (κ2) is 7.03. The van der Waals surface area contributed by atoms with Gasteiger partial charge in [-0.2, -0.15) is 0 Å². The van der Waals surface area contributed by atoms with Gasteiger partial charge in [-0.3, -0.25) is 4.79 Å². The monoisotopic (exact) mass is 326 g/mol. The number of benzene rings is 1. The van der Waals surface area contributed by atoms with Crippen LogP contribution < -0.4 is 10.6 Å². The molecule has 4 nitrogen and oxygen atoms in total. The van der Waals surface area contributed by atoms with E-state index in [2.05, 4.69) is 26.6 Å². The Labute approximate surface area is 122 Å². The number of hydrogen-bond acceptors (Lipinski definition) is 3. The third-order valence-electron chi connectivity index (χ3n) is 3.24. The van der Waals surface area contributed by atoms with Gasteiger partial charge in [-0.25, -0.2) is 0 Å². The van der Waals surface area contributed by atoms with Crippen molar-refractivity contribution in [3.8, 4) is 0 Å². The molecule has 1 amide bonds. The summed E-state index contributed by atoms with van der Waals surface area (Å²) in [4.78, 5) is 11.7. The number of halogens is 1. The largest absolute Gasteiger partial charge is 0.368 e. The fraction of sp³-hybridized carbons (Fsp3) is 0.500. The van der Waals surface area contributed by atoms with Crippen LogP contribution in [0, 0.1) is 5.92 Å². The number of anilines is 1. The molecule has 1 aromatic rings. The minimum absolute atomic E-state index is 0.102. The molecule has 0 aromatic heterocycles. The van der Waals surface area contributed by atoms with Gasteiger partial charge < -0.3 is 15.4 Å². The Bertz CT molecular complexity index is 433. The van der Waals surface area contributed by atoms with E-state index in [9.17, 15) is 4.79 Å². The van der Waals surface area contributed by atoms with Gasteiger partial charge in [-0.05, 0) is 50.6 Å². The maximum Gasteiger partial charge on any atom is 0.250 e. The lowest BCUT2D eigenvalue weighted by Gasteiger charge is -2.34. The standard InChI is InChI=1S/C14H19BrN2O2/c1-16-8-10-5-13(6-10)19-9-14(18)17-12-4-2-3-11(15)7-12/h2-4,7,10,13,16H,5-6,8-9H2,1H3,(H,17,18). The van der Waals surface area contributed by atoms with Crippen LogP contribution in [0.5, 0.6) is 0 Å². The zero-order valence-corrected chi connectivity index (χ0v) is 12.6. The number of carbonyl (C=O) groups excluding carboxylic acids is 1. The van der Waals surface area contributed by atoms with Crippen LogP contribution in [-0.2, 0) is 9.53 Å². The first-order chi connectivity index (χ1) is 9.17. The van der Waals surface area contributed by atoms with Gasteiger partial charge in [0, 0.05) is 10.2 Å². The van der Waals surface area contributed by atoms with Crippen molar-refractivity contribution in [2.75, 3.05) is 25.5 Å². The average Bonchev–Trinajstić information content (AvgIpc) is 2.32. The van der Waals surface area contributed by atoms with E-state index < -0.39 is 0 Å². The molecule has 0 bridgehead atoms. The van der Waals surface area contributed by atoms with Crippen molar-refractivity contribution >= 4 is 27.5 Å². The first-order valence-corrected chi connectivity index (χ1v) is 7.28. The predicted octanol–water partition coefficient (Wildman–Crippen LogP) is 2.40. The zero-order chi connectivity index (χ0) is 13.7. The molecule has 2 rings (SSSR count). The van der Waals surface area contributed by atoms with E-state index in [-0.39, 0.29) is 18.6 Å². The number of nitrogens with one attached hydrogen (secondary N) is 2. The molecule has 0 saturated heterocycles. The fourth-order valence-electron chi connectivity index (χ4n) is 2.22. The summed E-state index contributed by atoms with van der Waals surface area (Å²) in [6, 6.07) is 7.52. The molecule has 1 aromatic carbocycles.